The molecule has 4 rings (SSSR count). The molecule has 0 aliphatic carbocycles. The molecule has 3 heterocycles. The molecular weight excluding hydrogens is 352 g/mol. The van der Waals surface area contributed by atoms with Crippen molar-refractivity contribution in [2.45, 2.75) is 6.54 Å². The molecule has 0 N–H and O–H groups in total. The number of benzene rings is 1. The van der Waals surface area contributed by atoms with Crippen molar-refractivity contribution < 1.29 is 0 Å². The molecule has 26 heavy (non-hydrogen) atoms. The Bertz CT molecular complexity index is 1150. The zero-order valence-corrected chi connectivity index (χ0v) is 15.2. The maximum atomic E-state index is 12.7. The van der Waals surface area contributed by atoms with Crippen LogP contribution in [0.5, 0.6) is 0 Å². The molecule has 7 nitrogen and oxygen atoms in total. The van der Waals surface area contributed by atoms with Crippen molar-refractivity contribution in [3.05, 3.63) is 58.1 Å². The van der Waals surface area contributed by atoms with Crippen molar-refractivity contribution in [3.63, 3.8) is 0 Å². The molecule has 0 aliphatic rings. The van der Waals surface area contributed by atoms with Crippen LogP contribution in [0.3, 0.4) is 0 Å². The molecular formula is C18H17ClN6O. The van der Waals surface area contributed by atoms with Crippen molar-refractivity contribution >= 4 is 28.3 Å². The number of nitrogens with zero attached hydrogens (tertiary/aromatic N) is 6. The highest BCUT2D eigenvalue weighted by Crippen LogP contribution is 2.25. The van der Waals surface area contributed by atoms with E-state index in [1.165, 1.54) is 0 Å². The van der Waals surface area contributed by atoms with Gasteiger partial charge in [-0.15, -0.1) is 10.2 Å². The van der Waals surface area contributed by atoms with Gasteiger partial charge in [0.25, 0.3) is 5.56 Å². The number of rotatable bonds is 4. The van der Waals surface area contributed by atoms with E-state index in [1.807, 2.05) is 49.3 Å². The summed E-state index contributed by atoms with van der Waals surface area (Å²) in [6.07, 6.45) is 3.50. The summed E-state index contributed by atoms with van der Waals surface area (Å²) in [7, 11) is 3.94. The van der Waals surface area contributed by atoms with Gasteiger partial charge in [0.2, 0.25) is 0 Å². The Labute approximate surface area is 154 Å². The molecule has 0 saturated carbocycles. The molecule has 4 aromatic rings. The molecule has 0 atom stereocenters. The lowest BCUT2D eigenvalue weighted by atomic mass is 10.1. The average molecular weight is 369 g/mol. The largest absolute Gasteiger partial charge is 0.312 e. The van der Waals surface area contributed by atoms with Crippen LogP contribution >= 0.6 is 11.6 Å². The van der Waals surface area contributed by atoms with E-state index in [9.17, 15) is 4.79 Å². The van der Waals surface area contributed by atoms with Gasteiger partial charge in [0.1, 0.15) is 5.52 Å². The lowest BCUT2D eigenvalue weighted by Crippen LogP contribution is -2.27. The van der Waals surface area contributed by atoms with Gasteiger partial charge in [0.15, 0.2) is 11.2 Å². The van der Waals surface area contributed by atoms with E-state index in [0.717, 1.165) is 17.7 Å². The highest BCUT2D eigenvalue weighted by atomic mass is 35.5. The van der Waals surface area contributed by atoms with Gasteiger partial charge in [-0.3, -0.25) is 4.79 Å². The van der Waals surface area contributed by atoms with Crippen LogP contribution in [0.15, 0.2) is 47.5 Å². The molecule has 8 heteroatoms. The van der Waals surface area contributed by atoms with Crippen LogP contribution in [0.25, 0.3) is 27.8 Å². The fourth-order valence-electron chi connectivity index (χ4n) is 2.85. The summed E-state index contributed by atoms with van der Waals surface area (Å²) in [5.74, 6) is 0. The third kappa shape index (κ3) is 2.85. The summed E-state index contributed by atoms with van der Waals surface area (Å²) in [4.78, 5) is 14.7. The second-order valence-corrected chi connectivity index (χ2v) is 6.79. The third-order valence-electron chi connectivity index (χ3n) is 4.28. The number of likely N-dealkylation sites (N-methyl/N-ethyl adjacent to an activating group) is 1. The Kier molecular flexibility index (Phi) is 4.18. The molecule has 0 aliphatic heterocycles. The first-order valence-electron chi connectivity index (χ1n) is 8.19. The first kappa shape index (κ1) is 16.7. The predicted molar refractivity (Wildman–Crippen MR) is 102 cm³/mol. The summed E-state index contributed by atoms with van der Waals surface area (Å²) in [6, 6.07) is 9.30. The summed E-state index contributed by atoms with van der Waals surface area (Å²) >= 11 is 5.96. The highest BCUT2D eigenvalue weighted by molar-refractivity contribution is 6.30. The van der Waals surface area contributed by atoms with E-state index in [4.69, 9.17) is 11.6 Å². The topological polar surface area (TPSA) is 68.3 Å². The van der Waals surface area contributed by atoms with Gasteiger partial charge in [-0.1, -0.05) is 23.7 Å². The van der Waals surface area contributed by atoms with Crippen LogP contribution in [0, 0.1) is 0 Å². The second kappa shape index (κ2) is 6.51. The van der Waals surface area contributed by atoms with Gasteiger partial charge < -0.3 is 9.47 Å². The Morgan fingerprint density at radius 3 is 2.62 bits per heavy atom. The zero-order chi connectivity index (χ0) is 18.3. The minimum atomic E-state index is -0.165. The lowest BCUT2D eigenvalue weighted by Gasteiger charge is -2.11. The van der Waals surface area contributed by atoms with Gasteiger partial charge in [-0.05, 0) is 37.9 Å². The summed E-state index contributed by atoms with van der Waals surface area (Å²) in [5.41, 5.74) is 3.17. The van der Waals surface area contributed by atoms with Crippen LogP contribution in [0.4, 0.5) is 0 Å². The summed E-state index contributed by atoms with van der Waals surface area (Å²) in [6.45, 7) is 1.36. The molecule has 0 spiro atoms. The number of hydrogen-bond acceptors (Lipinski definition) is 5. The Balaban J connectivity index is 1.85. The number of hydrogen-bond donors (Lipinski definition) is 0. The van der Waals surface area contributed by atoms with Gasteiger partial charge >= 0.3 is 0 Å². The van der Waals surface area contributed by atoms with Crippen LogP contribution in [-0.2, 0) is 6.54 Å². The third-order valence-corrected chi connectivity index (χ3v) is 4.53. The lowest BCUT2D eigenvalue weighted by molar-refractivity contribution is 0.381. The van der Waals surface area contributed by atoms with Crippen LogP contribution in [-0.4, -0.2) is 49.9 Å². The number of aromatic nitrogens is 5. The van der Waals surface area contributed by atoms with Gasteiger partial charge in [-0.25, -0.2) is 4.52 Å². The van der Waals surface area contributed by atoms with Crippen molar-refractivity contribution in [3.8, 4) is 11.1 Å². The van der Waals surface area contributed by atoms with Crippen molar-refractivity contribution in [2.75, 3.05) is 20.6 Å². The number of pyridine rings is 1. The molecule has 0 radical (unpaired) electrons. The fourth-order valence-corrected chi connectivity index (χ4v) is 2.97. The molecule has 0 bridgehead atoms. The Morgan fingerprint density at radius 2 is 1.88 bits per heavy atom. The molecule has 0 saturated heterocycles. The number of halogens is 1. The predicted octanol–water partition coefficient (Wildman–Crippen LogP) is 2.32. The molecule has 0 amide bonds. The maximum absolute atomic E-state index is 12.7. The maximum Gasteiger partial charge on any atom is 0.280 e. The Morgan fingerprint density at radius 1 is 1.12 bits per heavy atom. The fraction of sp³-hybridized carbons (Fsp3) is 0.222. The van der Waals surface area contributed by atoms with E-state index in [1.54, 1.807) is 21.5 Å². The SMILES string of the molecule is CN(C)CCn1ccc2c(nnc3c(-c4ccc(Cl)cc4)cnn32)c1=O. The van der Waals surface area contributed by atoms with Crippen LogP contribution in [0.1, 0.15) is 0 Å². The molecule has 0 unspecified atom stereocenters. The smallest absolute Gasteiger partial charge is 0.280 e. The van der Waals surface area contributed by atoms with Crippen LogP contribution in [0.2, 0.25) is 5.02 Å². The minimum absolute atomic E-state index is 0.165. The minimum Gasteiger partial charge on any atom is -0.312 e. The van der Waals surface area contributed by atoms with E-state index in [-0.39, 0.29) is 5.56 Å². The standard InChI is InChI=1S/C18H17ClN6O/c1-23(2)9-10-24-8-7-15-16(18(24)26)21-22-17-14(11-20-25(15)17)12-3-5-13(19)6-4-12/h3-8,11H,9-10H2,1-2H3. The summed E-state index contributed by atoms with van der Waals surface area (Å²) < 4.78 is 3.30. The Hall–Kier alpha value is -2.77. The van der Waals surface area contributed by atoms with Gasteiger partial charge in [-0.2, -0.15) is 5.10 Å². The van der Waals surface area contributed by atoms with E-state index in [2.05, 4.69) is 15.3 Å². The first-order valence-corrected chi connectivity index (χ1v) is 8.56. The second-order valence-electron chi connectivity index (χ2n) is 6.35. The van der Waals surface area contributed by atoms with Gasteiger partial charge in [0.05, 0.1) is 6.20 Å². The summed E-state index contributed by atoms with van der Waals surface area (Å²) in [5, 5.41) is 13.5. The van der Waals surface area contributed by atoms with E-state index < -0.39 is 0 Å². The quantitative estimate of drug-likeness (QED) is 0.553. The van der Waals surface area contributed by atoms with Crippen molar-refractivity contribution in [1.29, 1.82) is 0 Å². The average Bonchev–Trinajstić information content (AvgIpc) is 3.06. The highest BCUT2D eigenvalue weighted by Gasteiger charge is 2.14. The molecule has 132 valence electrons. The monoisotopic (exact) mass is 368 g/mol. The van der Waals surface area contributed by atoms with E-state index >= 15 is 0 Å². The molecule has 3 aromatic heterocycles. The van der Waals surface area contributed by atoms with Crippen molar-refractivity contribution in [2.24, 2.45) is 0 Å². The first-order chi connectivity index (χ1) is 12.5. The normalized spacial score (nSPS) is 11.7. The number of fused-ring (bicyclic) bond motifs is 3. The van der Waals surface area contributed by atoms with Crippen LogP contribution < -0.4 is 5.56 Å². The van der Waals surface area contributed by atoms with Crippen molar-refractivity contribution in [1.82, 2.24) is 29.3 Å². The molecule has 1 aromatic carbocycles. The zero-order valence-electron chi connectivity index (χ0n) is 14.4. The molecule has 0 fully saturated rings. The van der Waals surface area contributed by atoms with Gasteiger partial charge in [0, 0.05) is 29.9 Å². The van der Waals surface area contributed by atoms with E-state index in [0.29, 0.717) is 28.2 Å².